The molecule has 0 aliphatic carbocycles. The first kappa shape index (κ1) is 26.1. The Morgan fingerprint density at radius 3 is 1.81 bits per heavy atom. The number of anilines is 1. The molecule has 0 aliphatic heterocycles. The molecule has 0 spiro atoms. The summed E-state index contributed by atoms with van der Waals surface area (Å²) in [4.78, 5) is 18.4. The fourth-order valence-corrected chi connectivity index (χ4v) is 4.54. The summed E-state index contributed by atoms with van der Waals surface area (Å²) in [6.45, 7) is 8.81. The van der Waals surface area contributed by atoms with E-state index in [-0.39, 0.29) is 5.78 Å². The molecule has 1 atom stereocenters. The molecule has 0 amide bonds. The number of nitrogens with zero attached hydrogens (tertiary/aromatic N) is 2. The van der Waals surface area contributed by atoms with Crippen LogP contribution in [0.2, 0.25) is 0 Å². The molecule has 1 unspecified atom stereocenters. The van der Waals surface area contributed by atoms with Crippen molar-refractivity contribution in [3.63, 3.8) is 0 Å². The van der Waals surface area contributed by atoms with Crippen LogP contribution in [0.4, 0.5) is 5.69 Å². The van der Waals surface area contributed by atoms with Gasteiger partial charge in [0.25, 0.3) is 0 Å². The molecule has 0 bridgehead atoms. The third-order valence-corrected chi connectivity index (χ3v) is 6.76. The molecule has 3 heteroatoms. The van der Waals surface area contributed by atoms with E-state index in [1.165, 1.54) is 49.8 Å². The van der Waals surface area contributed by atoms with Crippen molar-refractivity contribution in [1.82, 2.24) is 4.90 Å². The van der Waals surface area contributed by atoms with Crippen molar-refractivity contribution in [1.29, 1.82) is 0 Å². The molecule has 0 aliphatic rings. The molecular weight excluding hydrogens is 392 g/mol. The first-order valence-corrected chi connectivity index (χ1v) is 12.6. The topological polar surface area (TPSA) is 23.6 Å². The summed E-state index contributed by atoms with van der Waals surface area (Å²) in [7, 11) is 4.06. The van der Waals surface area contributed by atoms with E-state index in [0.717, 1.165) is 31.5 Å². The van der Waals surface area contributed by atoms with Gasteiger partial charge in [0.15, 0.2) is 5.78 Å². The number of likely N-dealkylation sites (N-methyl/N-ethyl adjacent to an activating group) is 1. The van der Waals surface area contributed by atoms with Crippen molar-refractivity contribution in [2.75, 3.05) is 32.1 Å². The first-order chi connectivity index (χ1) is 15.5. The van der Waals surface area contributed by atoms with Crippen molar-refractivity contribution < 1.29 is 4.79 Å². The highest BCUT2D eigenvalue weighted by molar-refractivity contribution is 6.03. The molecular formula is C29H44N2O. The predicted molar refractivity (Wildman–Crippen MR) is 139 cm³/mol. The Morgan fingerprint density at radius 2 is 1.34 bits per heavy atom. The van der Waals surface area contributed by atoms with E-state index >= 15 is 0 Å². The van der Waals surface area contributed by atoms with Crippen LogP contribution in [0, 0.1) is 0 Å². The molecule has 0 radical (unpaired) electrons. The standard InChI is InChI=1S/C29H44N2O/c1-6-9-14-22-31(23-15-10-7-2)27-20-18-26(19-21-27)28(32)29(8-3,30(4)5)24-25-16-12-11-13-17-25/h11-13,16-21H,6-10,14-15,22-24H2,1-5H3. The SMILES string of the molecule is CCCCCN(CCCCC)c1ccc(C(=O)C(CC)(Cc2ccccc2)N(C)C)cc1. The largest absolute Gasteiger partial charge is 0.372 e. The molecule has 3 nitrogen and oxygen atoms in total. The molecule has 0 N–H and O–H groups in total. The number of carbonyl (C=O) groups excluding carboxylic acids is 1. The summed E-state index contributed by atoms with van der Waals surface area (Å²) >= 11 is 0. The summed E-state index contributed by atoms with van der Waals surface area (Å²) < 4.78 is 0. The highest BCUT2D eigenvalue weighted by atomic mass is 16.1. The number of Topliss-reactive ketones (excluding diaryl/α,β-unsaturated/α-hetero) is 1. The lowest BCUT2D eigenvalue weighted by Crippen LogP contribution is -2.52. The van der Waals surface area contributed by atoms with Gasteiger partial charge in [-0.15, -0.1) is 0 Å². The van der Waals surface area contributed by atoms with Gasteiger partial charge in [0.1, 0.15) is 0 Å². The third-order valence-electron chi connectivity index (χ3n) is 6.76. The van der Waals surface area contributed by atoms with E-state index < -0.39 is 5.54 Å². The van der Waals surface area contributed by atoms with Crippen LogP contribution in [0.15, 0.2) is 54.6 Å². The van der Waals surface area contributed by atoms with Gasteiger partial charge >= 0.3 is 0 Å². The summed E-state index contributed by atoms with van der Waals surface area (Å²) in [6.07, 6.45) is 8.95. The monoisotopic (exact) mass is 436 g/mol. The maximum atomic E-state index is 13.8. The van der Waals surface area contributed by atoms with Crippen LogP contribution in [0.25, 0.3) is 0 Å². The Hall–Kier alpha value is -2.13. The van der Waals surface area contributed by atoms with Crippen LogP contribution >= 0.6 is 0 Å². The zero-order chi connectivity index (χ0) is 23.4. The fourth-order valence-electron chi connectivity index (χ4n) is 4.54. The van der Waals surface area contributed by atoms with Gasteiger partial charge in [0.05, 0.1) is 5.54 Å². The Labute approximate surface area is 196 Å². The molecule has 0 saturated heterocycles. The van der Waals surface area contributed by atoms with Crippen molar-refractivity contribution >= 4 is 11.5 Å². The van der Waals surface area contributed by atoms with Gasteiger partial charge in [-0.05, 0) is 69.6 Å². The Morgan fingerprint density at radius 1 is 0.781 bits per heavy atom. The number of ketones is 1. The van der Waals surface area contributed by atoms with Gasteiger partial charge in [-0.1, -0.05) is 76.8 Å². The number of unbranched alkanes of at least 4 members (excludes halogenated alkanes) is 4. The van der Waals surface area contributed by atoms with E-state index in [1.54, 1.807) is 0 Å². The minimum Gasteiger partial charge on any atom is -0.372 e. The zero-order valence-electron chi connectivity index (χ0n) is 21.1. The van der Waals surface area contributed by atoms with Gasteiger partial charge in [-0.2, -0.15) is 0 Å². The molecule has 32 heavy (non-hydrogen) atoms. The molecule has 0 aromatic heterocycles. The van der Waals surface area contributed by atoms with Crippen molar-refractivity contribution in [3.8, 4) is 0 Å². The second kappa shape index (κ2) is 13.4. The summed E-state index contributed by atoms with van der Waals surface area (Å²) in [6, 6.07) is 18.8. The molecule has 0 fully saturated rings. The normalized spacial score (nSPS) is 13.2. The van der Waals surface area contributed by atoms with Crippen molar-refractivity contribution in [2.24, 2.45) is 0 Å². The molecule has 176 valence electrons. The van der Waals surface area contributed by atoms with E-state index in [0.29, 0.717) is 0 Å². The summed E-state index contributed by atoms with van der Waals surface area (Å²) in [5.74, 6) is 0.212. The van der Waals surface area contributed by atoms with Crippen molar-refractivity contribution in [3.05, 3.63) is 65.7 Å². The highest BCUT2D eigenvalue weighted by Crippen LogP contribution is 2.29. The first-order valence-electron chi connectivity index (χ1n) is 12.6. The molecule has 2 rings (SSSR count). The second-order valence-corrected chi connectivity index (χ2v) is 9.22. The number of rotatable bonds is 15. The van der Waals surface area contributed by atoms with Crippen LogP contribution in [0.3, 0.4) is 0 Å². The number of benzene rings is 2. The number of hydrogen-bond acceptors (Lipinski definition) is 3. The maximum Gasteiger partial charge on any atom is 0.183 e. The summed E-state index contributed by atoms with van der Waals surface area (Å²) in [5.41, 5.74) is 2.71. The van der Waals surface area contributed by atoms with Crippen LogP contribution in [0.5, 0.6) is 0 Å². The predicted octanol–water partition coefficient (Wildman–Crippen LogP) is 7.01. The highest BCUT2D eigenvalue weighted by Gasteiger charge is 2.39. The average molecular weight is 437 g/mol. The van der Waals surface area contributed by atoms with Gasteiger partial charge in [0.2, 0.25) is 0 Å². The molecule has 0 heterocycles. The average Bonchev–Trinajstić information content (AvgIpc) is 2.82. The van der Waals surface area contributed by atoms with Crippen molar-refractivity contribution in [2.45, 2.75) is 77.7 Å². The van der Waals surface area contributed by atoms with E-state index in [9.17, 15) is 4.79 Å². The Balaban J connectivity index is 2.23. The van der Waals surface area contributed by atoms with Gasteiger partial charge in [-0.3, -0.25) is 9.69 Å². The van der Waals surface area contributed by atoms with Crippen LogP contribution < -0.4 is 4.90 Å². The number of carbonyl (C=O) groups is 1. The molecule has 2 aromatic carbocycles. The minimum absolute atomic E-state index is 0.212. The van der Waals surface area contributed by atoms with Gasteiger partial charge in [-0.25, -0.2) is 0 Å². The quantitative estimate of drug-likeness (QED) is 0.222. The lowest BCUT2D eigenvalue weighted by atomic mass is 9.80. The third kappa shape index (κ3) is 6.93. The summed E-state index contributed by atoms with van der Waals surface area (Å²) in [5, 5.41) is 0. The van der Waals surface area contributed by atoms with Crippen LogP contribution in [0.1, 0.15) is 81.6 Å². The Bertz CT molecular complexity index is 775. The van der Waals surface area contributed by atoms with E-state index in [2.05, 4.69) is 67.0 Å². The van der Waals surface area contributed by atoms with E-state index in [4.69, 9.17) is 0 Å². The van der Waals surface area contributed by atoms with Crippen LogP contribution in [-0.2, 0) is 6.42 Å². The van der Waals surface area contributed by atoms with E-state index in [1.807, 2.05) is 32.3 Å². The maximum absolute atomic E-state index is 13.8. The lowest BCUT2D eigenvalue weighted by molar-refractivity contribution is 0.0666. The lowest BCUT2D eigenvalue weighted by Gasteiger charge is -2.38. The smallest absolute Gasteiger partial charge is 0.183 e. The molecule has 2 aromatic rings. The number of hydrogen-bond donors (Lipinski definition) is 0. The second-order valence-electron chi connectivity index (χ2n) is 9.22. The minimum atomic E-state index is -0.537. The van der Waals surface area contributed by atoms with Crippen LogP contribution in [-0.4, -0.2) is 43.4 Å². The van der Waals surface area contributed by atoms with Gasteiger partial charge < -0.3 is 4.90 Å². The zero-order valence-corrected chi connectivity index (χ0v) is 21.1. The molecule has 0 saturated carbocycles. The Kier molecular flexibility index (Phi) is 11.0. The fraction of sp³-hybridized carbons (Fsp3) is 0.552. The van der Waals surface area contributed by atoms with Gasteiger partial charge in [0, 0.05) is 24.3 Å².